The Balaban J connectivity index is 1.36. The number of anilines is 1. The lowest BCUT2D eigenvalue weighted by molar-refractivity contribution is 0.102. The van der Waals surface area contributed by atoms with Crippen LogP contribution in [0.2, 0.25) is 0 Å². The lowest BCUT2D eigenvalue weighted by Gasteiger charge is -2.12. The summed E-state index contributed by atoms with van der Waals surface area (Å²) in [6, 6.07) is 30.8. The van der Waals surface area contributed by atoms with Crippen molar-refractivity contribution in [2.24, 2.45) is 0 Å². The first-order chi connectivity index (χ1) is 16.7. The molecular weight excluding hydrogens is 444 g/mol. The Morgan fingerprint density at radius 2 is 1.74 bits per heavy atom. The van der Waals surface area contributed by atoms with E-state index in [1.807, 2.05) is 78.9 Å². The number of para-hydroxylation sites is 1. The zero-order valence-corrected chi connectivity index (χ0v) is 19.3. The van der Waals surface area contributed by atoms with E-state index >= 15 is 0 Å². The molecule has 1 aromatic heterocycles. The molecule has 0 saturated heterocycles. The molecule has 1 N–H and O–H groups in total. The number of rotatable bonds is 7. The van der Waals surface area contributed by atoms with E-state index in [1.54, 1.807) is 30.6 Å². The van der Waals surface area contributed by atoms with Gasteiger partial charge in [-0.3, -0.25) is 4.79 Å². The first-order valence-corrected chi connectivity index (χ1v) is 11.6. The average Bonchev–Trinajstić information content (AvgIpc) is 3.33. The van der Waals surface area contributed by atoms with E-state index in [0.717, 1.165) is 26.4 Å². The van der Waals surface area contributed by atoms with Crippen molar-refractivity contribution in [1.29, 1.82) is 0 Å². The third-order valence-corrected chi connectivity index (χ3v) is 6.42. The molecule has 1 heterocycles. The number of thiazole rings is 1. The number of nitrogens with one attached hydrogen (secondary N) is 1. The predicted octanol–water partition coefficient (Wildman–Crippen LogP) is 6.80. The van der Waals surface area contributed by atoms with Crippen LogP contribution in [0, 0.1) is 0 Å². The van der Waals surface area contributed by atoms with Gasteiger partial charge in [0, 0.05) is 11.1 Å². The molecule has 0 saturated carbocycles. The summed E-state index contributed by atoms with van der Waals surface area (Å²) < 4.78 is 12.5. The van der Waals surface area contributed by atoms with Crippen LogP contribution < -0.4 is 14.8 Å². The molecule has 0 radical (unpaired) electrons. The van der Waals surface area contributed by atoms with E-state index in [9.17, 15) is 4.79 Å². The maximum atomic E-state index is 13.1. The topological polar surface area (TPSA) is 60.5 Å². The number of hydrogen-bond acceptors (Lipinski definition) is 5. The first-order valence-electron chi connectivity index (χ1n) is 10.8. The molecule has 0 fully saturated rings. The summed E-state index contributed by atoms with van der Waals surface area (Å²) >= 11 is 1.61. The summed E-state index contributed by atoms with van der Waals surface area (Å²) in [5, 5.41) is 3.86. The standard InChI is InChI=1S/C28H22N2O3S/c1-32-25-15-14-21(28-30-23-12-5-6-13-26(23)34-28)17-24(25)29-27(31)20-10-7-11-22(16-20)33-18-19-8-3-2-4-9-19/h2-17H,18H2,1H3,(H,29,31). The Morgan fingerprint density at radius 1 is 0.912 bits per heavy atom. The van der Waals surface area contributed by atoms with Crippen LogP contribution in [0.3, 0.4) is 0 Å². The van der Waals surface area contributed by atoms with E-state index in [0.29, 0.717) is 29.4 Å². The largest absolute Gasteiger partial charge is 0.495 e. The highest BCUT2D eigenvalue weighted by Crippen LogP contribution is 2.35. The van der Waals surface area contributed by atoms with Crippen molar-refractivity contribution >= 4 is 33.1 Å². The molecule has 1 amide bonds. The summed E-state index contributed by atoms with van der Waals surface area (Å²) in [7, 11) is 1.58. The second-order valence-corrected chi connectivity index (χ2v) is 8.69. The Morgan fingerprint density at radius 3 is 2.56 bits per heavy atom. The molecule has 5 nitrogen and oxygen atoms in total. The zero-order chi connectivity index (χ0) is 23.3. The number of carbonyl (C=O) groups excluding carboxylic acids is 1. The Labute approximate surface area is 201 Å². The fourth-order valence-electron chi connectivity index (χ4n) is 3.60. The van der Waals surface area contributed by atoms with Crippen LogP contribution in [-0.4, -0.2) is 18.0 Å². The van der Waals surface area contributed by atoms with Crippen LogP contribution in [0.15, 0.2) is 97.1 Å². The van der Waals surface area contributed by atoms with E-state index in [-0.39, 0.29) is 5.91 Å². The second-order valence-electron chi connectivity index (χ2n) is 7.66. The molecule has 0 aliphatic heterocycles. The smallest absolute Gasteiger partial charge is 0.255 e. The third kappa shape index (κ3) is 4.77. The quantitative estimate of drug-likeness (QED) is 0.286. The molecule has 34 heavy (non-hydrogen) atoms. The molecule has 0 atom stereocenters. The minimum atomic E-state index is -0.245. The molecule has 0 unspecified atom stereocenters. The Kier molecular flexibility index (Phi) is 6.23. The molecule has 5 aromatic rings. The Hall–Kier alpha value is -4.16. The van der Waals surface area contributed by atoms with Crippen LogP contribution in [0.1, 0.15) is 15.9 Å². The van der Waals surface area contributed by atoms with E-state index in [2.05, 4.69) is 11.4 Å². The predicted molar refractivity (Wildman–Crippen MR) is 137 cm³/mol. The number of hydrogen-bond donors (Lipinski definition) is 1. The molecule has 5 rings (SSSR count). The summed E-state index contributed by atoms with van der Waals surface area (Å²) in [5.41, 5.74) is 4.01. The third-order valence-electron chi connectivity index (χ3n) is 5.33. The number of fused-ring (bicyclic) bond motifs is 1. The van der Waals surface area contributed by atoms with Gasteiger partial charge in [-0.25, -0.2) is 4.98 Å². The Bertz CT molecular complexity index is 1410. The van der Waals surface area contributed by atoms with Gasteiger partial charge in [0.05, 0.1) is 23.0 Å². The van der Waals surface area contributed by atoms with Crippen molar-refractivity contribution in [3.05, 3.63) is 108 Å². The lowest BCUT2D eigenvalue weighted by Crippen LogP contribution is -2.13. The lowest BCUT2D eigenvalue weighted by atomic mass is 10.1. The van der Waals surface area contributed by atoms with Gasteiger partial charge in [-0.05, 0) is 54.1 Å². The van der Waals surface area contributed by atoms with Gasteiger partial charge >= 0.3 is 0 Å². The van der Waals surface area contributed by atoms with Crippen LogP contribution in [0.5, 0.6) is 11.5 Å². The molecule has 4 aromatic carbocycles. The normalized spacial score (nSPS) is 10.7. The van der Waals surface area contributed by atoms with E-state index in [1.165, 1.54) is 0 Å². The van der Waals surface area contributed by atoms with Crippen LogP contribution in [0.25, 0.3) is 20.8 Å². The highest BCUT2D eigenvalue weighted by Gasteiger charge is 2.14. The van der Waals surface area contributed by atoms with Gasteiger partial charge in [0.2, 0.25) is 0 Å². The summed E-state index contributed by atoms with van der Waals surface area (Å²) in [6.07, 6.45) is 0. The van der Waals surface area contributed by atoms with Gasteiger partial charge < -0.3 is 14.8 Å². The van der Waals surface area contributed by atoms with Gasteiger partial charge in [-0.2, -0.15) is 0 Å². The van der Waals surface area contributed by atoms with Crippen molar-refractivity contribution < 1.29 is 14.3 Å². The monoisotopic (exact) mass is 466 g/mol. The fraction of sp³-hybridized carbons (Fsp3) is 0.0714. The van der Waals surface area contributed by atoms with Crippen LogP contribution >= 0.6 is 11.3 Å². The molecule has 6 heteroatoms. The number of ether oxygens (including phenoxy) is 2. The summed E-state index contributed by atoms with van der Waals surface area (Å²) in [6.45, 7) is 0.434. The highest BCUT2D eigenvalue weighted by atomic mass is 32.1. The maximum Gasteiger partial charge on any atom is 0.255 e. The number of amides is 1. The number of benzene rings is 4. The number of methoxy groups -OCH3 is 1. The molecule has 0 aliphatic rings. The minimum absolute atomic E-state index is 0.245. The van der Waals surface area contributed by atoms with Gasteiger partial charge in [0.15, 0.2) is 0 Å². The van der Waals surface area contributed by atoms with Crippen molar-refractivity contribution in [2.75, 3.05) is 12.4 Å². The maximum absolute atomic E-state index is 13.1. The van der Waals surface area contributed by atoms with Crippen molar-refractivity contribution in [3.63, 3.8) is 0 Å². The highest BCUT2D eigenvalue weighted by molar-refractivity contribution is 7.21. The molecule has 168 valence electrons. The second kappa shape index (κ2) is 9.77. The first kappa shape index (κ1) is 21.7. The summed E-state index contributed by atoms with van der Waals surface area (Å²) in [4.78, 5) is 17.8. The van der Waals surface area contributed by atoms with Crippen molar-refractivity contribution in [3.8, 4) is 22.1 Å². The van der Waals surface area contributed by atoms with Crippen LogP contribution in [0.4, 0.5) is 5.69 Å². The van der Waals surface area contributed by atoms with Crippen molar-refractivity contribution in [1.82, 2.24) is 4.98 Å². The molecule has 0 bridgehead atoms. The van der Waals surface area contributed by atoms with Gasteiger partial charge in [-0.1, -0.05) is 48.5 Å². The van der Waals surface area contributed by atoms with Crippen molar-refractivity contribution in [2.45, 2.75) is 6.61 Å². The summed E-state index contributed by atoms with van der Waals surface area (Å²) in [5.74, 6) is 0.964. The number of aromatic nitrogens is 1. The van der Waals surface area contributed by atoms with E-state index < -0.39 is 0 Å². The van der Waals surface area contributed by atoms with Gasteiger partial charge in [0.25, 0.3) is 5.91 Å². The SMILES string of the molecule is COc1ccc(-c2nc3ccccc3s2)cc1NC(=O)c1cccc(OCc2ccccc2)c1. The zero-order valence-electron chi connectivity index (χ0n) is 18.5. The average molecular weight is 467 g/mol. The van der Waals surface area contributed by atoms with E-state index in [4.69, 9.17) is 14.5 Å². The van der Waals surface area contributed by atoms with Gasteiger partial charge in [0.1, 0.15) is 23.1 Å². The number of carbonyl (C=O) groups is 1. The molecular formula is C28H22N2O3S. The molecule has 0 aliphatic carbocycles. The van der Waals surface area contributed by atoms with Gasteiger partial charge in [-0.15, -0.1) is 11.3 Å². The minimum Gasteiger partial charge on any atom is -0.495 e. The molecule has 0 spiro atoms. The van der Waals surface area contributed by atoms with Crippen LogP contribution in [-0.2, 0) is 6.61 Å². The fourth-order valence-corrected chi connectivity index (χ4v) is 4.56. The number of nitrogens with zero attached hydrogens (tertiary/aromatic N) is 1.